The lowest BCUT2D eigenvalue weighted by Gasteiger charge is -2.26. The van der Waals surface area contributed by atoms with Gasteiger partial charge < -0.3 is 9.47 Å². The Labute approximate surface area is 214 Å². The molecule has 3 aromatic rings. The first-order valence-electron chi connectivity index (χ1n) is 11.2. The minimum atomic E-state index is -0.807. The fourth-order valence-electron chi connectivity index (χ4n) is 3.84. The summed E-state index contributed by atoms with van der Waals surface area (Å²) in [7, 11) is 1.47. The maximum atomic E-state index is 13.2. The Bertz CT molecular complexity index is 1410. The van der Waals surface area contributed by atoms with Crippen LogP contribution in [0.2, 0.25) is 5.02 Å². The molecule has 1 fully saturated rings. The van der Waals surface area contributed by atoms with E-state index in [1.165, 1.54) is 18.7 Å². The van der Waals surface area contributed by atoms with E-state index in [0.717, 1.165) is 21.6 Å². The Kier molecular flexibility index (Phi) is 7.12. The molecule has 1 aliphatic rings. The van der Waals surface area contributed by atoms with E-state index in [1.807, 2.05) is 45.0 Å². The highest BCUT2D eigenvalue weighted by Crippen LogP contribution is 2.38. The molecule has 0 radical (unpaired) electrons. The maximum Gasteiger partial charge on any atom is 0.335 e. The van der Waals surface area contributed by atoms with Crippen LogP contribution in [0.5, 0.6) is 11.5 Å². The zero-order chi connectivity index (χ0) is 26.0. The number of ether oxygens (including phenoxy) is 2. The Morgan fingerprint density at radius 2 is 1.75 bits per heavy atom. The second-order valence-corrected chi connectivity index (χ2v) is 8.95. The number of benzene rings is 3. The standard InChI is InChI=1S/C28H25ClN2O5/c1-16-6-5-7-21(10-16)31-27(33)22(26(32)30-28(31)34)12-20-13-23(29)25(24(14-20)35-4)36-15-19-9-8-17(2)18(3)11-19/h5-14H,15H2,1-4H3,(H,30,32,34)/b22-12+. The number of aryl methyl sites for hydroxylation is 3. The van der Waals surface area contributed by atoms with Gasteiger partial charge in [-0.3, -0.25) is 14.9 Å². The highest BCUT2D eigenvalue weighted by atomic mass is 35.5. The van der Waals surface area contributed by atoms with Crippen molar-refractivity contribution in [3.63, 3.8) is 0 Å². The molecule has 1 saturated heterocycles. The van der Waals surface area contributed by atoms with Gasteiger partial charge in [-0.05, 0) is 78.9 Å². The molecule has 4 amide bonds. The van der Waals surface area contributed by atoms with Crippen molar-refractivity contribution in [2.24, 2.45) is 0 Å². The number of nitrogens with zero attached hydrogens (tertiary/aromatic N) is 1. The largest absolute Gasteiger partial charge is 0.493 e. The van der Waals surface area contributed by atoms with Gasteiger partial charge in [0.25, 0.3) is 11.8 Å². The second-order valence-electron chi connectivity index (χ2n) is 8.54. The molecule has 184 valence electrons. The van der Waals surface area contributed by atoms with Gasteiger partial charge in [0.05, 0.1) is 17.8 Å². The van der Waals surface area contributed by atoms with Gasteiger partial charge in [0.15, 0.2) is 11.5 Å². The van der Waals surface area contributed by atoms with Gasteiger partial charge in [0.1, 0.15) is 12.2 Å². The van der Waals surface area contributed by atoms with Crippen LogP contribution in [0.3, 0.4) is 0 Å². The first-order valence-corrected chi connectivity index (χ1v) is 11.6. The number of imide groups is 2. The van der Waals surface area contributed by atoms with Crippen LogP contribution in [0.15, 0.2) is 60.2 Å². The number of carbonyl (C=O) groups is 3. The van der Waals surface area contributed by atoms with Crippen LogP contribution in [-0.2, 0) is 16.2 Å². The lowest BCUT2D eigenvalue weighted by atomic mass is 10.1. The SMILES string of the molecule is COc1cc(/C=C2\C(=O)NC(=O)N(c3cccc(C)c3)C2=O)cc(Cl)c1OCc1ccc(C)c(C)c1. The molecule has 0 bridgehead atoms. The monoisotopic (exact) mass is 504 g/mol. The predicted molar refractivity (Wildman–Crippen MR) is 138 cm³/mol. The van der Waals surface area contributed by atoms with Gasteiger partial charge in [-0.2, -0.15) is 0 Å². The van der Waals surface area contributed by atoms with Crippen LogP contribution >= 0.6 is 11.6 Å². The lowest BCUT2D eigenvalue weighted by Crippen LogP contribution is -2.54. The molecule has 1 N–H and O–H groups in total. The van der Waals surface area contributed by atoms with E-state index in [0.29, 0.717) is 22.7 Å². The molecule has 0 unspecified atom stereocenters. The third kappa shape index (κ3) is 5.11. The Morgan fingerprint density at radius 1 is 0.972 bits per heavy atom. The fourth-order valence-corrected chi connectivity index (χ4v) is 4.11. The van der Waals surface area contributed by atoms with E-state index in [9.17, 15) is 14.4 Å². The lowest BCUT2D eigenvalue weighted by molar-refractivity contribution is -0.122. The number of hydrogen-bond donors (Lipinski definition) is 1. The Balaban J connectivity index is 1.64. The molecule has 36 heavy (non-hydrogen) atoms. The quantitative estimate of drug-likeness (QED) is 0.353. The molecule has 1 aliphatic heterocycles. The van der Waals surface area contributed by atoms with Crippen molar-refractivity contribution in [2.75, 3.05) is 12.0 Å². The third-order valence-electron chi connectivity index (χ3n) is 5.88. The van der Waals surface area contributed by atoms with Gasteiger partial charge in [-0.25, -0.2) is 9.69 Å². The molecule has 0 spiro atoms. The Morgan fingerprint density at radius 3 is 2.44 bits per heavy atom. The molecule has 0 aliphatic carbocycles. The van der Waals surface area contributed by atoms with Gasteiger partial charge in [0.2, 0.25) is 0 Å². The van der Waals surface area contributed by atoms with Gasteiger partial charge >= 0.3 is 6.03 Å². The molecule has 7 nitrogen and oxygen atoms in total. The molecule has 1 heterocycles. The fraction of sp³-hybridized carbons (Fsp3) is 0.179. The van der Waals surface area contributed by atoms with Crippen molar-refractivity contribution in [3.05, 3.63) is 93.0 Å². The Hall–Kier alpha value is -4.10. The topological polar surface area (TPSA) is 84.9 Å². The van der Waals surface area contributed by atoms with Gasteiger partial charge in [0, 0.05) is 0 Å². The first kappa shape index (κ1) is 25.0. The number of halogens is 1. The van der Waals surface area contributed by atoms with E-state index in [-0.39, 0.29) is 17.2 Å². The number of rotatable bonds is 6. The van der Waals surface area contributed by atoms with Gasteiger partial charge in [-0.1, -0.05) is 41.9 Å². The van der Waals surface area contributed by atoms with Crippen molar-refractivity contribution in [2.45, 2.75) is 27.4 Å². The molecule has 4 rings (SSSR count). The zero-order valence-corrected chi connectivity index (χ0v) is 21.1. The number of methoxy groups -OCH3 is 1. The maximum absolute atomic E-state index is 13.2. The van der Waals surface area contributed by atoms with Crippen LogP contribution in [0.4, 0.5) is 10.5 Å². The summed E-state index contributed by atoms with van der Waals surface area (Å²) in [5.74, 6) is -0.845. The molecular formula is C28H25ClN2O5. The molecule has 0 atom stereocenters. The van der Waals surface area contributed by atoms with Crippen LogP contribution in [0.1, 0.15) is 27.8 Å². The van der Waals surface area contributed by atoms with E-state index in [1.54, 1.807) is 30.3 Å². The summed E-state index contributed by atoms with van der Waals surface area (Å²) >= 11 is 6.51. The van der Waals surface area contributed by atoms with Crippen LogP contribution in [0, 0.1) is 20.8 Å². The minimum absolute atomic E-state index is 0.210. The number of amides is 4. The normalized spacial score (nSPS) is 14.8. The predicted octanol–water partition coefficient (Wildman–Crippen LogP) is 5.52. The summed E-state index contributed by atoms with van der Waals surface area (Å²) in [6.45, 7) is 6.20. The van der Waals surface area contributed by atoms with E-state index in [4.69, 9.17) is 21.1 Å². The molecular weight excluding hydrogens is 480 g/mol. The van der Waals surface area contributed by atoms with Crippen LogP contribution in [-0.4, -0.2) is 25.0 Å². The van der Waals surface area contributed by atoms with E-state index >= 15 is 0 Å². The highest BCUT2D eigenvalue weighted by molar-refractivity contribution is 6.39. The average molecular weight is 505 g/mol. The van der Waals surface area contributed by atoms with Crippen molar-refractivity contribution >= 4 is 41.2 Å². The van der Waals surface area contributed by atoms with E-state index < -0.39 is 17.8 Å². The summed E-state index contributed by atoms with van der Waals surface area (Å²) in [6.07, 6.45) is 1.37. The zero-order valence-electron chi connectivity index (χ0n) is 20.3. The summed E-state index contributed by atoms with van der Waals surface area (Å²) in [5, 5.41) is 2.47. The van der Waals surface area contributed by atoms with E-state index in [2.05, 4.69) is 5.32 Å². The number of hydrogen-bond acceptors (Lipinski definition) is 5. The van der Waals surface area contributed by atoms with Crippen molar-refractivity contribution < 1.29 is 23.9 Å². The summed E-state index contributed by atoms with van der Waals surface area (Å²) in [6, 6.07) is 15.3. The highest BCUT2D eigenvalue weighted by Gasteiger charge is 2.36. The van der Waals surface area contributed by atoms with Crippen LogP contribution < -0.4 is 19.7 Å². The van der Waals surface area contributed by atoms with Gasteiger partial charge in [-0.15, -0.1) is 0 Å². The summed E-state index contributed by atoms with van der Waals surface area (Å²) in [4.78, 5) is 39.1. The number of barbiturate groups is 1. The molecule has 8 heteroatoms. The number of anilines is 1. The number of nitrogens with one attached hydrogen (secondary N) is 1. The summed E-state index contributed by atoms with van der Waals surface area (Å²) in [5.41, 5.74) is 4.78. The second kappa shape index (κ2) is 10.3. The third-order valence-corrected chi connectivity index (χ3v) is 6.16. The first-order chi connectivity index (χ1) is 17.2. The van der Waals surface area contributed by atoms with Crippen LogP contribution in [0.25, 0.3) is 6.08 Å². The molecule has 0 aromatic heterocycles. The number of urea groups is 1. The van der Waals surface area contributed by atoms with Crippen molar-refractivity contribution in [1.82, 2.24) is 5.32 Å². The smallest absolute Gasteiger partial charge is 0.335 e. The minimum Gasteiger partial charge on any atom is -0.493 e. The molecule has 3 aromatic carbocycles. The number of carbonyl (C=O) groups excluding carboxylic acids is 3. The summed E-state index contributed by atoms with van der Waals surface area (Å²) < 4.78 is 11.4. The molecule has 0 saturated carbocycles. The van der Waals surface area contributed by atoms with Crippen molar-refractivity contribution in [3.8, 4) is 11.5 Å². The van der Waals surface area contributed by atoms with Crippen molar-refractivity contribution in [1.29, 1.82) is 0 Å². The average Bonchev–Trinajstić information content (AvgIpc) is 2.83.